The van der Waals surface area contributed by atoms with Crippen molar-refractivity contribution >= 4 is 17.0 Å². The monoisotopic (exact) mass is 350 g/mol. The zero-order valence-electron chi connectivity index (χ0n) is 14.0. The third kappa shape index (κ3) is 2.21. The van der Waals surface area contributed by atoms with E-state index in [0.29, 0.717) is 6.54 Å². The maximum absolute atomic E-state index is 9.31. The van der Waals surface area contributed by atoms with E-state index in [2.05, 4.69) is 26.9 Å². The summed E-state index contributed by atoms with van der Waals surface area (Å²) in [6.07, 6.45) is 3.49. The van der Waals surface area contributed by atoms with Crippen molar-refractivity contribution in [2.45, 2.75) is 39.3 Å². The molecule has 3 heterocycles. The van der Waals surface area contributed by atoms with Gasteiger partial charge >= 0.3 is 0 Å². The predicted octanol–water partition coefficient (Wildman–Crippen LogP) is 2.97. The Morgan fingerprint density at radius 3 is 2.80 bits per heavy atom. The third-order valence-corrected chi connectivity index (χ3v) is 6.30. The minimum Gasteiger partial charge on any atom is -0.392 e. The van der Waals surface area contributed by atoms with Crippen LogP contribution >= 0.6 is 11.3 Å². The molecule has 1 aliphatic heterocycles. The second-order valence-electron chi connectivity index (χ2n) is 6.56. The van der Waals surface area contributed by atoms with E-state index in [1.165, 1.54) is 27.4 Å². The van der Waals surface area contributed by atoms with E-state index >= 15 is 0 Å². The average molecular weight is 350 g/mol. The van der Waals surface area contributed by atoms with Gasteiger partial charge in [-0.25, -0.2) is 0 Å². The number of hydrogen-bond acceptors (Lipinski definition) is 5. The van der Waals surface area contributed by atoms with Crippen molar-refractivity contribution in [2.75, 3.05) is 0 Å². The highest BCUT2D eigenvalue weighted by Crippen LogP contribution is 2.41. The molecule has 1 aliphatic carbocycles. The molecule has 0 saturated carbocycles. The van der Waals surface area contributed by atoms with Crippen molar-refractivity contribution in [1.29, 1.82) is 0 Å². The summed E-state index contributed by atoms with van der Waals surface area (Å²) in [5.41, 5.74) is 5.77. The Labute approximate surface area is 149 Å². The molecule has 0 unspecified atom stereocenters. The van der Waals surface area contributed by atoms with Gasteiger partial charge in [-0.1, -0.05) is 24.3 Å². The van der Waals surface area contributed by atoms with Crippen LogP contribution in [0.25, 0.3) is 5.00 Å². The smallest absolute Gasteiger partial charge is 0.160 e. The number of fused-ring (bicyclic) bond motifs is 5. The van der Waals surface area contributed by atoms with Gasteiger partial charge in [-0.15, -0.1) is 21.5 Å². The highest BCUT2D eigenvalue weighted by Gasteiger charge is 2.30. The second kappa shape index (κ2) is 5.61. The number of aryl methyl sites for hydroxylation is 2. The van der Waals surface area contributed by atoms with Crippen LogP contribution in [0.15, 0.2) is 29.3 Å². The fourth-order valence-electron chi connectivity index (χ4n) is 3.80. The van der Waals surface area contributed by atoms with Crippen LogP contribution in [0.4, 0.5) is 0 Å². The normalized spacial score (nSPS) is 15.4. The first kappa shape index (κ1) is 15.0. The zero-order valence-corrected chi connectivity index (χ0v) is 14.8. The van der Waals surface area contributed by atoms with Crippen molar-refractivity contribution in [2.24, 2.45) is 4.99 Å². The predicted molar refractivity (Wildman–Crippen MR) is 97.7 cm³/mol. The van der Waals surface area contributed by atoms with Crippen molar-refractivity contribution in [3.8, 4) is 5.00 Å². The molecule has 5 rings (SSSR count). The number of aliphatic imine (C=N–C) groups is 1. The summed E-state index contributed by atoms with van der Waals surface area (Å²) in [5.74, 6) is 1.82. The van der Waals surface area contributed by atoms with Gasteiger partial charge in [0.25, 0.3) is 0 Å². The van der Waals surface area contributed by atoms with Gasteiger partial charge in [-0.2, -0.15) is 0 Å². The van der Waals surface area contributed by atoms with Gasteiger partial charge in [0.05, 0.1) is 12.3 Å². The van der Waals surface area contributed by atoms with Gasteiger partial charge in [0.1, 0.15) is 17.4 Å². The lowest BCUT2D eigenvalue weighted by Crippen LogP contribution is -2.08. The zero-order chi connectivity index (χ0) is 17.0. The molecule has 0 saturated heterocycles. The topological polar surface area (TPSA) is 63.3 Å². The van der Waals surface area contributed by atoms with Gasteiger partial charge in [-0.3, -0.25) is 9.56 Å². The molecule has 0 atom stereocenters. The van der Waals surface area contributed by atoms with Crippen molar-refractivity contribution in [3.63, 3.8) is 0 Å². The fraction of sp³-hybridized carbons (Fsp3) is 0.316. The van der Waals surface area contributed by atoms with Gasteiger partial charge in [0, 0.05) is 16.0 Å². The Morgan fingerprint density at radius 2 is 2.00 bits per heavy atom. The molecule has 6 heteroatoms. The molecule has 2 aliphatic rings. The molecule has 0 fully saturated rings. The third-order valence-electron chi connectivity index (χ3n) is 5.02. The van der Waals surface area contributed by atoms with Crippen LogP contribution in [0.2, 0.25) is 0 Å². The summed E-state index contributed by atoms with van der Waals surface area (Å²) in [4.78, 5) is 6.41. The van der Waals surface area contributed by atoms with Gasteiger partial charge < -0.3 is 5.11 Å². The number of aromatic nitrogens is 3. The van der Waals surface area contributed by atoms with E-state index in [0.717, 1.165) is 41.3 Å². The Balaban J connectivity index is 1.75. The Hall–Kier alpha value is -2.31. The summed E-state index contributed by atoms with van der Waals surface area (Å²) >= 11 is 1.87. The molecule has 25 heavy (non-hydrogen) atoms. The van der Waals surface area contributed by atoms with Gasteiger partial charge in [0.15, 0.2) is 5.82 Å². The van der Waals surface area contributed by atoms with Crippen LogP contribution in [0.1, 0.15) is 45.2 Å². The highest BCUT2D eigenvalue weighted by molar-refractivity contribution is 7.15. The fourth-order valence-corrected chi connectivity index (χ4v) is 5.25. The van der Waals surface area contributed by atoms with E-state index in [1.54, 1.807) is 0 Å². The average Bonchev–Trinajstić information content (AvgIpc) is 3.28. The molecule has 5 nitrogen and oxygen atoms in total. The summed E-state index contributed by atoms with van der Waals surface area (Å²) in [6, 6.07) is 8.07. The first-order chi connectivity index (χ1) is 12.3. The molecule has 0 amide bonds. The number of rotatable bonds is 2. The van der Waals surface area contributed by atoms with Crippen LogP contribution in [0, 0.1) is 6.92 Å². The van der Waals surface area contributed by atoms with E-state index in [9.17, 15) is 5.11 Å². The molecule has 0 spiro atoms. The number of hydrogen-bond donors (Lipinski definition) is 1. The van der Waals surface area contributed by atoms with E-state index < -0.39 is 0 Å². The molecule has 1 aromatic carbocycles. The first-order valence-corrected chi connectivity index (χ1v) is 9.38. The molecule has 0 radical (unpaired) electrons. The largest absolute Gasteiger partial charge is 0.392 e. The summed E-state index contributed by atoms with van der Waals surface area (Å²) in [7, 11) is 0. The molecule has 3 aromatic rings. The van der Waals surface area contributed by atoms with E-state index in [4.69, 9.17) is 4.99 Å². The maximum atomic E-state index is 9.31. The Kier molecular flexibility index (Phi) is 3.36. The molecule has 0 bridgehead atoms. The summed E-state index contributed by atoms with van der Waals surface area (Å²) < 4.78 is 2.18. The minimum absolute atomic E-state index is 0.0616. The lowest BCUT2D eigenvalue weighted by Gasteiger charge is -2.10. The maximum Gasteiger partial charge on any atom is 0.160 e. The van der Waals surface area contributed by atoms with Crippen LogP contribution in [0.5, 0.6) is 0 Å². The number of aliphatic hydroxyl groups is 1. The van der Waals surface area contributed by atoms with Gasteiger partial charge in [-0.05, 0) is 37.3 Å². The van der Waals surface area contributed by atoms with Crippen LogP contribution < -0.4 is 0 Å². The van der Waals surface area contributed by atoms with Crippen LogP contribution in [0.3, 0.4) is 0 Å². The van der Waals surface area contributed by atoms with Crippen LogP contribution in [-0.4, -0.2) is 25.6 Å². The van der Waals surface area contributed by atoms with Gasteiger partial charge in [0.2, 0.25) is 0 Å². The number of nitrogens with zero attached hydrogens (tertiary/aromatic N) is 4. The number of aliphatic hydroxyl groups excluding tert-OH is 1. The minimum atomic E-state index is 0.0616. The van der Waals surface area contributed by atoms with Crippen molar-refractivity contribution in [3.05, 3.63) is 63.0 Å². The molecule has 1 N–H and O–H groups in total. The standard InChI is InChI=1S/C19H18N4OS/c1-11-21-22-16-9-20-18(13-7-5-12(10-24)6-8-13)17-14-3-2-4-15(14)25-19(17)23(11)16/h5-8,24H,2-4,9-10H2,1H3. The Bertz CT molecular complexity index is 997. The first-order valence-electron chi connectivity index (χ1n) is 8.57. The lowest BCUT2D eigenvalue weighted by molar-refractivity contribution is 0.282. The summed E-state index contributed by atoms with van der Waals surface area (Å²) in [5, 5.41) is 19.1. The molecule has 2 aromatic heterocycles. The second-order valence-corrected chi connectivity index (χ2v) is 7.64. The van der Waals surface area contributed by atoms with Crippen molar-refractivity contribution < 1.29 is 5.11 Å². The van der Waals surface area contributed by atoms with E-state index in [-0.39, 0.29) is 6.61 Å². The van der Waals surface area contributed by atoms with Crippen LogP contribution in [-0.2, 0) is 26.0 Å². The lowest BCUT2D eigenvalue weighted by atomic mass is 9.98. The van der Waals surface area contributed by atoms with E-state index in [1.807, 2.05) is 30.4 Å². The number of thiophene rings is 1. The molecular weight excluding hydrogens is 332 g/mol. The highest BCUT2D eigenvalue weighted by atomic mass is 32.1. The van der Waals surface area contributed by atoms with Crippen molar-refractivity contribution in [1.82, 2.24) is 14.8 Å². The SMILES string of the molecule is Cc1nnc2n1-c1sc3c(c1C(c1ccc(CO)cc1)=NC2)CCC3. The molecule has 126 valence electrons. The molecular formula is C19H18N4OS. The number of benzene rings is 1. The quantitative estimate of drug-likeness (QED) is 0.773. The summed E-state index contributed by atoms with van der Waals surface area (Å²) in [6.45, 7) is 2.60. The Morgan fingerprint density at radius 1 is 1.16 bits per heavy atom.